The summed E-state index contributed by atoms with van der Waals surface area (Å²) in [5.41, 5.74) is 0. The molecule has 0 aromatic heterocycles. The molecule has 2 fully saturated rings. The Morgan fingerprint density at radius 2 is 2.29 bits per heavy atom. The quantitative estimate of drug-likeness (QED) is 0.552. The summed E-state index contributed by atoms with van der Waals surface area (Å²) in [6.45, 7) is 2.01. The molecule has 1 aliphatic heterocycles. The Labute approximate surface area is 128 Å². The maximum atomic E-state index is 13.8. The number of carbonyl (C=O) groups excluding carboxylic acids is 1. The van der Waals surface area contributed by atoms with Crippen molar-refractivity contribution in [1.29, 1.82) is 0 Å². The summed E-state index contributed by atoms with van der Waals surface area (Å²) in [5, 5.41) is 9.94. The molecule has 7 unspecified atom stereocenters. The van der Waals surface area contributed by atoms with Crippen LogP contribution in [-0.4, -0.2) is 35.6 Å². The molecule has 122 valence electrons. The molecule has 1 N–H and O–H groups in total. The number of aliphatic hydroxyl groups is 1. The van der Waals surface area contributed by atoms with E-state index in [0.717, 1.165) is 12.8 Å². The van der Waals surface area contributed by atoms with E-state index in [1.807, 2.05) is 6.92 Å². The standard InChI is InChI=1S/C15H26FO4P/c1-2-3-4-11(16)12(17)6-5-9-10-7-15(18)19-13(10)8-14(9)20-21/h9-14,17H,2-8,21H2,1H3. The lowest BCUT2D eigenvalue weighted by molar-refractivity contribution is -0.141. The van der Waals surface area contributed by atoms with Crippen LogP contribution in [0.15, 0.2) is 0 Å². The van der Waals surface area contributed by atoms with E-state index in [0.29, 0.717) is 32.1 Å². The smallest absolute Gasteiger partial charge is 0.306 e. The molecule has 0 amide bonds. The van der Waals surface area contributed by atoms with E-state index in [1.165, 1.54) is 0 Å². The molecule has 6 heteroatoms. The number of aliphatic hydroxyl groups excluding tert-OH is 1. The van der Waals surface area contributed by atoms with Crippen LogP contribution in [0.25, 0.3) is 0 Å². The molecule has 2 rings (SSSR count). The number of rotatable bonds is 8. The van der Waals surface area contributed by atoms with Crippen LogP contribution >= 0.6 is 9.47 Å². The average molecular weight is 320 g/mol. The van der Waals surface area contributed by atoms with Crippen molar-refractivity contribution in [2.45, 2.75) is 76.4 Å². The van der Waals surface area contributed by atoms with Gasteiger partial charge in [0.05, 0.1) is 18.6 Å². The summed E-state index contributed by atoms with van der Waals surface area (Å²) in [6, 6.07) is 0. The first-order chi connectivity index (χ1) is 10.1. The second-order valence-corrected chi connectivity index (χ2v) is 6.55. The van der Waals surface area contributed by atoms with Crippen LogP contribution in [0.5, 0.6) is 0 Å². The Morgan fingerprint density at radius 1 is 1.52 bits per heavy atom. The van der Waals surface area contributed by atoms with Gasteiger partial charge < -0.3 is 14.4 Å². The molecule has 4 nitrogen and oxygen atoms in total. The summed E-state index contributed by atoms with van der Waals surface area (Å²) in [7, 11) is 2.27. The summed E-state index contributed by atoms with van der Waals surface area (Å²) in [6.07, 6.45) is 2.24. The van der Waals surface area contributed by atoms with Gasteiger partial charge in [-0.25, -0.2) is 4.39 Å². The van der Waals surface area contributed by atoms with Crippen molar-refractivity contribution in [2.75, 3.05) is 0 Å². The molecule has 0 aromatic rings. The molecule has 0 radical (unpaired) electrons. The lowest BCUT2D eigenvalue weighted by Gasteiger charge is -2.24. The second kappa shape index (κ2) is 7.85. The van der Waals surface area contributed by atoms with Crippen molar-refractivity contribution in [3.8, 4) is 0 Å². The summed E-state index contributed by atoms with van der Waals surface area (Å²) >= 11 is 0. The first-order valence-electron chi connectivity index (χ1n) is 7.94. The molecule has 1 saturated heterocycles. The molecule has 1 saturated carbocycles. The highest BCUT2D eigenvalue weighted by atomic mass is 31.0. The molecule has 1 aliphatic carbocycles. The number of unbranched alkanes of at least 4 members (excludes halogenated alkanes) is 1. The lowest BCUT2D eigenvalue weighted by atomic mass is 9.86. The van der Waals surface area contributed by atoms with Crippen molar-refractivity contribution in [1.82, 2.24) is 0 Å². The fourth-order valence-electron chi connectivity index (χ4n) is 3.65. The second-order valence-electron chi connectivity index (χ2n) is 6.27. The van der Waals surface area contributed by atoms with Gasteiger partial charge in [0.2, 0.25) is 0 Å². The van der Waals surface area contributed by atoms with Crippen LogP contribution in [0.4, 0.5) is 4.39 Å². The number of carbonyl (C=O) groups is 1. The van der Waals surface area contributed by atoms with Crippen LogP contribution in [0.1, 0.15) is 51.9 Å². The normalized spacial score (nSPS) is 34.6. The first-order valence-corrected chi connectivity index (χ1v) is 8.41. The first kappa shape index (κ1) is 17.1. The van der Waals surface area contributed by atoms with Gasteiger partial charge in [-0.2, -0.15) is 0 Å². The predicted octanol–water partition coefficient (Wildman–Crippen LogP) is 2.78. The minimum atomic E-state index is -1.15. The van der Waals surface area contributed by atoms with Crippen LogP contribution in [0.3, 0.4) is 0 Å². The van der Waals surface area contributed by atoms with E-state index in [2.05, 4.69) is 9.47 Å². The summed E-state index contributed by atoms with van der Waals surface area (Å²) < 4.78 is 24.5. The number of esters is 1. The van der Waals surface area contributed by atoms with E-state index in [-0.39, 0.29) is 30.0 Å². The van der Waals surface area contributed by atoms with Gasteiger partial charge in [-0.05, 0) is 25.2 Å². The zero-order valence-corrected chi connectivity index (χ0v) is 13.7. The molecule has 7 atom stereocenters. The van der Waals surface area contributed by atoms with E-state index < -0.39 is 12.3 Å². The van der Waals surface area contributed by atoms with Crippen LogP contribution in [-0.2, 0) is 14.1 Å². The van der Waals surface area contributed by atoms with Gasteiger partial charge in [-0.1, -0.05) is 19.8 Å². The Bertz CT molecular complexity index is 355. The molecule has 1 heterocycles. The highest BCUT2D eigenvalue weighted by Gasteiger charge is 2.50. The third-order valence-corrected chi connectivity index (χ3v) is 5.23. The van der Waals surface area contributed by atoms with Gasteiger partial charge in [0.15, 0.2) is 0 Å². The van der Waals surface area contributed by atoms with Gasteiger partial charge in [0.1, 0.15) is 12.3 Å². The number of ether oxygens (including phenoxy) is 1. The number of halogens is 1. The number of hydrogen-bond acceptors (Lipinski definition) is 4. The molecule has 0 spiro atoms. The third-order valence-electron chi connectivity index (χ3n) is 4.88. The summed E-state index contributed by atoms with van der Waals surface area (Å²) in [4.78, 5) is 11.4. The Hall–Kier alpha value is -0.250. The van der Waals surface area contributed by atoms with Crippen LogP contribution < -0.4 is 0 Å². The lowest BCUT2D eigenvalue weighted by Crippen LogP contribution is -2.26. The zero-order valence-electron chi connectivity index (χ0n) is 12.5. The van der Waals surface area contributed by atoms with Crippen molar-refractivity contribution in [3.63, 3.8) is 0 Å². The number of alkyl halides is 1. The van der Waals surface area contributed by atoms with Crippen molar-refractivity contribution in [3.05, 3.63) is 0 Å². The number of hydrogen-bond donors (Lipinski definition) is 1. The van der Waals surface area contributed by atoms with Crippen LogP contribution in [0.2, 0.25) is 0 Å². The highest BCUT2D eigenvalue weighted by Crippen LogP contribution is 2.45. The SMILES string of the molecule is CCCCC(F)C(O)CCC1C(OP)CC2OC(=O)CC21. The summed E-state index contributed by atoms with van der Waals surface area (Å²) in [5.74, 6) is 0.167. The molecule has 0 bridgehead atoms. The predicted molar refractivity (Wildman–Crippen MR) is 80.3 cm³/mol. The van der Waals surface area contributed by atoms with E-state index in [1.54, 1.807) is 0 Å². The van der Waals surface area contributed by atoms with E-state index in [4.69, 9.17) is 9.26 Å². The van der Waals surface area contributed by atoms with Gasteiger partial charge in [0, 0.05) is 21.8 Å². The van der Waals surface area contributed by atoms with Crippen molar-refractivity contribution >= 4 is 15.4 Å². The third kappa shape index (κ3) is 4.14. The van der Waals surface area contributed by atoms with Crippen molar-refractivity contribution < 1.29 is 23.6 Å². The fourth-order valence-corrected chi connectivity index (χ4v) is 3.96. The molecular formula is C15H26FO4P. The van der Waals surface area contributed by atoms with Gasteiger partial charge in [-0.15, -0.1) is 0 Å². The monoisotopic (exact) mass is 320 g/mol. The molecule has 0 aromatic carbocycles. The number of fused-ring (bicyclic) bond motifs is 1. The largest absolute Gasteiger partial charge is 0.462 e. The van der Waals surface area contributed by atoms with Gasteiger partial charge in [0.25, 0.3) is 0 Å². The van der Waals surface area contributed by atoms with Gasteiger partial charge in [-0.3, -0.25) is 4.79 Å². The zero-order chi connectivity index (χ0) is 15.4. The average Bonchev–Trinajstić information content (AvgIpc) is 2.97. The van der Waals surface area contributed by atoms with Gasteiger partial charge >= 0.3 is 5.97 Å². The van der Waals surface area contributed by atoms with Crippen LogP contribution in [0, 0.1) is 11.8 Å². The van der Waals surface area contributed by atoms with E-state index in [9.17, 15) is 14.3 Å². The maximum absolute atomic E-state index is 13.8. The Kier molecular flexibility index (Phi) is 6.39. The Morgan fingerprint density at radius 3 is 2.95 bits per heavy atom. The fraction of sp³-hybridized carbons (Fsp3) is 0.933. The highest BCUT2D eigenvalue weighted by molar-refractivity contribution is 7.09. The molecule has 2 aliphatic rings. The molecule has 21 heavy (non-hydrogen) atoms. The minimum absolute atomic E-state index is 0.0130. The van der Waals surface area contributed by atoms with Crippen molar-refractivity contribution in [2.24, 2.45) is 11.8 Å². The topological polar surface area (TPSA) is 55.8 Å². The minimum Gasteiger partial charge on any atom is -0.462 e. The maximum Gasteiger partial charge on any atom is 0.306 e. The molecular weight excluding hydrogens is 294 g/mol. The van der Waals surface area contributed by atoms with E-state index >= 15 is 0 Å². The Balaban J connectivity index is 1.84.